The van der Waals surface area contributed by atoms with Crippen molar-refractivity contribution in [2.24, 2.45) is 0 Å². The van der Waals surface area contributed by atoms with E-state index >= 15 is 0 Å². The molecule has 0 bridgehead atoms. The smallest absolute Gasteiger partial charge is 0.269 e. The molecule has 9 heteroatoms. The first kappa shape index (κ1) is 18.3. The molecule has 0 aromatic heterocycles. The molecule has 0 fully saturated rings. The van der Waals surface area contributed by atoms with Gasteiger partial charge < -0.3 is 30.6 Å². The Morgan fingerprint density at radius 3 is 2.09 bits per heavy atom. The highest BCUT2D eigenvalue weighted by molar-refractivity contribution is 5.82. The highest BCUT2D eigenvalue weighted by Crippen LogP contribution is 2.09. The van der Waals surface area contributed by atoms with E-state index in [1.54, 1.807) is 30.3 Å². The van der Waals surface area contributed by atoms with Gasteiger partial charge in [-0.05, 0) is 12.1 Å². The lowest BCUT2D eigenvalue weighted by Gasteiger charge is -2.28. The molecule has 0 heterocycles. The second-order valence-electron chi connectivity index (χ2n) is 4.65. The Balaban J connectivity index is 2.54. The third-order valence-electron chi connectivity index (χ3n) is 2.98. The van der Waals surface area contributed by atoms with Gasteiger partial charge in [-0.15, -0.1) is 0 Å². The molecule has 22 heavy (non-hydrogen) atoms. The molecule has 0 saturated heterocycles. The molecular formula is C13H20N2O7. The van der Waals surface area contributed by atoms with Crippen LogP contribution in [0.5, 0.6) is 0 Å². The monoisotopic (exact) mass is 316 g/mol. The summed E-state index contributed by atoms with van der Waals surface area (Å²) in [6.45, 7) is -0.858. The van der Waals surface area contributed by atoms with Crippen LogP contribution >= 0.6 is 0 Å². The zero-order chi connectivity index (χ0) is 16.7. The zero-order valence-electron chi connectivity index (χ0n) is 11.6. The van der Waals surface area contributed by atoms with E-state index in [1.807, 2.05) is 0 Å². The normalized spacial score (nSPS) is 17.9. The fraction of sp³-hybridized carbons (Fsp3) is 0.462. The number of carbonyl (C=O) groups is 1. The summed E-state index contributed by atoms with van der Waals surface area (Å²) < 4.78 is 0. The van der Waals surface area contributed by atoms with Crippen LogP contribution in [0.4, 0.5) is 5.69 Å². The second kappa shape index (κ2) is 8.63. The Hall–Kier alpha value is -1.75. The van der Waals surface area contributed by atoms with Crippen LogP contribution in [0.3, 0.4) is 0 Å². The lowest BCUT2D eigenvalue weighted by atomic mass is 9.99. The lowest BCUT2D eigenvalue weighted by molar-refractivity contribution is -0.156. The van der Waals surface area contributed by atoms with Crippen LogP contribution in [0.15, 0.2) is 30.3 Å². The maximum absolute atomic E-state index is 11.6. The number of aliphatic hydroxyl groups is 6. The maximum Gasteiger partial charge on any atom is 0.269 e. The minimum Gasteiger partial charge on any atom is -0.394 e. The first-order valence-corrected chi connectivity index (χ1v) is 6.50. The fourth-order valence-corrected chi connectivity index (χ4v) is 1.61. The average molecular weight is 316 g/mol. The van der Waals surface area contributed by atoms with Crippen LogP contribution in [0.25, 0.3) is 0 Å². The van der Waals surface area contributed by atoms with E-state index in [0.717, 1.165) is 0 Å². The van der Waals surface area contributed by atoms with Crippen molar-refractivity contribution >= 4 is 11.6 Å². The minimum atomic E-state index is -2.06. The molecule has 1 aromatic rings. The van der Waals surface area contributed by atoms with Crippen LogP contribution in [0.1, 0.15) is 0 Å². The number of carbonyl (C=O) groups excluding carboxylic acids is 1. The van der Waals surface area contributed by atoms with Crippen molar-refractivity contribution < 1.29 is 35.4 Å². The molecule has 0 spiro atoms. The number of amides is 1. The SMILES string of the molecule is O=C(NNc1ccccc1)[C@@H](O)[C@@H](O)[C@H](O)[C@H](O)[C@H](O)CO. The molecule has 0 aliphatic rings. The number of rotatable bonds is 8. The number of para-hydroxylation sites is 1. The van der Waals surface area contributed by atoms with E-state index in [9.17, 15) is 25.2 Å². The maximum atomic E-state index is 11.6. The Morgan fingerprint density at radius 2 is 1.55 bits per heavy atom. The lowest BCUT2D eigenvalue weighted by Crippen LogP contribution is -2.54. The van der Waals surface area contributed by atoms with E-state index < -0.39 is 43.0 Å². The van der Waals surface area contributed by atoms with Crippen LogP contribution < -0.4 is 10.9 Å². The minimum absolute atomic E-state index is 0.522. The fourth-order valence-electron chi connectivity index (χ4n) is 1.61. The van der Waals surface area contributed by atoms with Gasteiger partial charge in [-0.3, -0.25) is 15.6 Å². The summed E-state index contributed by atoms with van der Waals surface area (Å²) in [6, 6.07) is 8.45. The Morgan fingerprint density at radius 1 is 0.955 bits per heavy atom. The number of hydrazine groups is 1. The van der Waals surface area contributed by atoms with E-state index in [1.165, 1.54) is 0 Å². The van der Waals surface area contributed by atoms with Crippen molar-refractivity contribution in [1.29, 1.82) is 0 Å². The molecule has 8 N–H and O–H groups in total. The van der Waals surface area contributed by atoms with Gasteiger partial charge in [0.05, 0.1) is 12.3 Å². The molecule has 0 aliphatic heterocycles. The topological polar surface area (TPSA) is 163 Å². The number of aliphatic hydroxyl groups excluding tert-OH is 6. The van der Waals surface area contributed by atoms with E-state index in [-0.39, 0.29) is 0 Å². The molecule has 0 saturated carbocycles. The summed E-state index contributed by atoms with van der Waals surface area (Å²) in [5.41, 5.74) is 5.11. The van der Waals surface area contributed by atoms with Crippen molar-refractivity contribution in [2.75, 3.05) is 12.0 Å². The number of hydrogen-bond donors (Lipinski definition) is 8. The van der Waals surface area contributed by atoms with Gasteiger partial charge in [0, 0.05) is 0 Å². The Kier molecular flexibility index (Phi) is 7.18. The molecule has 1 rings (SSSR count). The van der Waals surface area contributed by atoms with Crippen molar-refractivity contribution in [2.45, 2.75) is 30.5 Å². The number of anilines is 1. The standard InChI is InChI=1S/C13H20N2O7/c16-6-8(17)9(18)10(19)11(20)12(21)13(22)15-14-7-4-2-1-3-5-7/h1-5,8-12,14,16-21H,6H2,(H,15,22)/t8-,9-,10-,11+,12+/m1/s1. The number of hydrogen-bond acceptors (Lipinski definition) is 8. The predicted octanol–water partition coefficient (Wildman–Crippen LogP) is -3.07. The number of benzene rings is 1. The van der Waals surface area contributed by atoms with E-state index in [4.69, 9.17) is 10.2 Å². The Bertz CT molecular complexity index is 459. The van der Waals surface area contributed by atoms with E-state index in [0.29, 0.717) is 5.69 Å². The van der Waals surface area contributed by atoms with Crippen LogP contribution in [0, 0.1) is 0 Å². The molecule has 9 nitrogen and oxygen atoms in total. The summed E-state index contributed by atoms with van der Waals surface area (Å²) in [5.74, 6) is -1.05. The van der Waals surface area contributed by atoms with Gasteiger partial charge in [0.1, 0.15) is 24.4 Å². The van der Waals surface area contributed by atoms with Gasteiger partial charge in [0.15, 0.2) is 6.10 Å². The molecule has 1 aromatic carbocycles. The third-order valence-corrected chi connectivity index (χ3v) is 2.98. The van der Waals surface area contributed by atoms with Gasteiger partial charge in [-0.1, -0.05) is 18.2 Å². The van der Waals surface area contributed by atoms with Crippen LogP contribution in [-0.2, 0) is 4.79 Å². The highest BCUT2D eigenvalue weighted by atomic mass is 16.4. The highest BCUT2D eigenvalue weighted by Gasteiger charge is 2.37. The van der Waals surface area contributed by atoms with Crippen LogP contribution in [0.2, 0.25) is 0 Å². The predicted molar refractivity (Wildman–Crippen MR) is 75.3 cm³/mol. The average Bonchev–Trinajstić information content (AvgIpc) is 2.56. The first-order chi connectivity index (χ1) is 10.4. The van der Waals surface area contributed by atoms with Gasteiger partial charge in [0.25, 0.3) is 5.91 Å². The molecule has 124 valence electrons. The first-order valence-electron chi connectivity index (χ1n) is 6.50. The molecule has 0 radical (unpaired) electrons. The Labute approximate surface area is 126 Å². The van der Waals surface area contributed by atoms with Gasteiger partial charge in [-0.25, -0.2) is 0 Å². The summed E-state index contributed by atoms with van der Waals surface area (Å²) in [4.78, 5) is 11.6. The van der Waals surface area contributed by atoms with Gasteiger partial charge in [0.2, 0.25) is 0 Å². The summed E-state index contributed by atoms with van der Waals surface area (Å²) in [7, 11) is 0. The second-order valence-corrected chi connectivity index (χ2v) is 4.65. The van der Waals surface area contributed by atoms with Gasteiger partial charge >= 0.3 is 0 Å². The summed E-state index contributed by atoms with van der Waals surface area (Å²) in [5, 5.41) is 56.0. The zero-order valence-corrected chi connectivity index (χ0v) is 11.6. The molecule has 1 amide bonds. The van der Waals surface area contributed by atoms with Crippen molar-refractivity contribution in [3.05, 3.63) is 30.3 Å². The quantitative estimate of drug-likeness (QED) is 0.234. The molecule has 0 unspecified atom stereocenters. The summed E-state index contributed by atoms with van der Waals surface area (Å²) in [6.07, 6.45) is -9.80. The molecule has 0 aliphatic carbocycles. The van der Waals surface area contributed by atoms with Crippen molar-refractivity contribution in [3.63, 3.8) is 0 Å². The summed E-state index contributed by atoms with van der Waals surface area (Å²) >= 11 is 0. The molecule has 5 atom stereocenters. The van der Waals surface area contributed by atoms with E-state index in [2.05, 4.69) is 10.9 Å². The van der Waals surface area contributed by atoms with Gasteiger partial charge in [-0.2, -0.15) is 0 Å². The van der Waals surface area contributed by atoms with Crippen LogP contribution in [-0.4, -0.2) is 73.7 Å². The largest absolute Gasteiger partial charge is 0.394 e. The van der Waals surface area contributed by atoms with Crippen molar-refractivity contribution in [1.82, 2.24) is 5.43 Å². The third kappa shape index (κ3) is 4.91. The van der Waals surface area contributed by atoms with Crippen molar-refractivity contribution in [3.8, 4) is 0 Å². The molecular weight excluding hydrogens is 296 g/mol. The number of nitrogens with one attached hydrogen (secondary N) is 2.